The first-order chi connectivity index (χ1) is 9.36. The van der Waals surface area contributed by atoms with Crippen LogP contribution in [0.2, 0.25) is 0 Å². The van der Waals surface area contributed by atoms with E-state index in [0.717, 1.165) is 38.5 Å². The van der Waals surface area contributed by atoms with Crippen LogP contribution in [0.3, 0.4) is 0 Å². The van der Waals surface area contributed by atoms with Crippen LogP contribution in [0.15, 0.2) is 29.2 Å². The number of hydrogen-bond donors (Lipinski definition) is 1. The fourth-order valence-electron chi connectivity index (χ4n) is 1.69. The van der Waals surface area contributed by atoms with Gasteiger partial charge in [-0.25, -0.2) is 0 Å². The molecule has 3 nitrogen and oxygen atoms in total. The molecule has 0 fully saturated rings. The minimum atomic E-state index is 0.758. The van der Waals surface area contributed by atoms with Gasteiger partial charge in [-0.15, -0.1) is 11.8 Å². The number of hydrogen-bond acceptors (Lipinski definition) is 4. The van der Waals surface area contributed by atoms with E-state index in [4.69, 9.17) is 9.47 Å². The summed E-state index contributed by atoms with van der Waals surface area (Å²) < 4.78 is 10.1. The van der Waals surface area contributed by atoms with Crippen LogP contribution in [-0.4, -0.2) is 39.7 Å². The van der Waals surface area contributed by atoms with Gasteiger partial charge in [-0.05, 0) is 36.3 Å². The van der Waals surface area contributed by atoms with Crippen LogP contribution in [0, 0.1) is 0 Å². The predicted octanol–water partition coefficient (Wildman–Crippen LogP) is 2.94. The van der Waals surface area contributed by atoms with Gasteiger partial charge in [0.15, 0.2) is 0 Å². The summed E-state index contributed by atoms with van der Waals surface area (Å²) in [5.74, 6) is 1.16. The standard InChI is InChI=1S/C15H25NO2S/c1-17-9-3-4-11-19-15-7-5-6-14(12-15)13-16-8-10-18-2/h5-7,12,16H,3-4,8-11,13H2,1-2H3. The second-order valence-corrected chi connectivity index (χ2v) is 5.53. The van der Waals surface area contributed by atoms with Crippen molar-refractivity contribution >= 4 is 11.8 Å². The van der Waals surface area contributed by atoms with Gasteiger partial charge in [-0.2, -0.15) is 0 Å². The van der Waals surface area contributed by atoms with Crippen molar-refractivity contribution in [1.82, 2.24) is 5.32 Å². The maximum absolute atomic E-state index is 5.05. The van der Waals surface area contributed by atoms with Crippen LogP contribution in [0.4, 0.5) is 0 Å². The van der Waals surface area contributed by atoms with E-state index in [0.29, 0.717) is 0 Å². The van der Waals surface area contributed by atoms with Crippen LogP contribution >= 0.6 is 11.8 Å². The zero-order valence-corrected chi connectivity index (χ0v) is 12.8. The van der Waals surface area contributed by atoms with E-state index < -0.39 is 0 Å². The molecular formula is C15H25NO2S. The molecule has 0 spiro atoms. The molecule has 0 aliphatic heterocycles. The van der Waals surface area contributed by atoms with Crippen LogP contribution in [0.25, 0.3) is 0 Å². The Morgan fingerprint density at radius 3 is 2.74 bits per heavy atom. The molecule has 1 rings (SSSR count). The summed E-state index contributed by atoms with van der Waals surface area (Å²) >= 11 is 1.92. The van der Waals surface area contributed by atoms with E-state index in [9.17, 15) is 0 Å². The number of nitrogens with one attached hydrogen (secondary N) is 1. The lowest BCUT2D eigenvalue weighted by Crippen LogP contribution is -2.18. The fourth-order valence-corrected chi connectivity index (χ4v) is 2.68. The highest BCUT2D eigenvalue weighted by atomic mass is 32.2. The second-order valence-electron chi connectivity index (χ2n) is 4.37. The Labute approximate surface area is 121 Å². The summed E-state index contributed by atoms with van der Waals surface area (Å²) in [6.07, 6.45) is 2.34. The minimum absolute atomic E-state index is 0.758. The molecule has 0 aliphatic rings. The monoisotopic (exact) mass is 283 g/mol. The molecule has 0 aliphatic carbocycles. The molecule has 1 aromatic carbocycles. The second kappa shape index (κ2) is 11.3. The van der Waals surface area contributed by atoms with Crippen molar-refractivity contribution in [3.63, 3.8) is 0 Å². The lowest BCUT2D eigenvalue weighted by Gasteiger charge is -2.07. The molecule has 0 aromatic heterocycles. The summed E-state index contributed by atoms with van der Waals surface area (Å²) in [5.41, 5.74) is 1.33. The number of ether oxygens (including phenoxy) is 2. The molecule has 108 valence electrons. The first kappa shape index (κ1) is 16.5. The lowest BCUT2D eigenvalue weighted by molar-refractivity contribution is 0.194. The maximum Gasteiger partial charge on any atom is 0.0587 e. The van der Waals surface area contributed by atoms with E-state index in [-0.39, 0.29) is 0 Å². The molecule has 0 saturated carbocycles. The first-order valence-electron chi connectivity index (χ1n) is 6.77. The summed E-state index contributed by atoms with van der Waals surface area (Å²) in [6, 6.07) is 8.74. The van der Waals surface area contributed by atoms with Gasteiger partial charge in [0.05, 0.1) is 6.61 Å². The Hall–Kier alpha value is -0.550. The molecule has 0 saturated heterocycles. The van der Waals surface area contributed by atoms with Crippen molar-refractivity contribution in [2.24, 2.45) is 0 Å². The van der Waals surface area contributed by atoms with E-state index in [2.05, 4.69) is 29.6 Å². The van der Waals surface area contributed by atoms with Crippen molar-refractivity contribution in [2.45, 2.75) is 24.3 Å². The Bertz CT molecular complexity index is 334. The summed E-state index contributed by atoms with van der Waals surface area (Å²) in [6.45, 7) is 3.42. The average Bonchev–Trinajstić information content (AvgIpc) is 2.44. The molecule has 0 bridgehead atoms. The van der Waals surface area contributed by atoms with Crippen molar-refractivity contribution < 1.29 is 9.47 Å². The van der Waals surface area contributed by atoms with E-state index in [1.165, 1.54) is 16.9 Å². The SMILES string of the molecule is COCCCCSc1cccc(CNCCOC)c1. The fraction of sp³-hybridized carbons (Fsp3) is 0.600. The van der Waals surface area contributed by atoms with Crippen LogP contribution in [0.5, 0.6) is 0 Å². The topological polar surface area (TPSA) is 30.5 Å². The van der Waals surface area contributed by atoms with Gasteiger partial charge >= 0.3 is 0 Å². The third kappa shape index (κ3) is 8.26. The molecule has 0 heterocycles. The van der Waals surface area contributed by atoms with E-state index in [1.807, 2.05) is 11.8 Å². The van der Waals surface area contributed by atoms with Crippen LogP contribution < -0.4 is 5.32 Å². The van der Waals surface area contributed by atoms with Crippen molar-refractivity contribution in [2.75, 3.05) is 39.7 Å². The smallest absolute Gasteiger partial charge is 0.0587 e. The van der Waals surface area contributed by atoms with E-state index in [1.54, 1.807) is 14.2 Å². The molecular weight excluding hydrogens is 258 g/mol. The Balaban J connectivity index is 2.23. The van der Waals surface area contributed by atoms with Crippen molar-refractivity contribution in [3.8, 4) is 0 Å². The molecule has 0 amide bonds. The molecule has 4 heteroatoms. The predicted molar refractivity (Wildman–Crippen MR) is 81.9 cm³/mol. The summed E-state index contributed by atoms with van der Waals surface area (Å²) in [5, 5.41) is 3.36. The number of unbranched alkanes of at least 4 members (excludes halogenated alkanes) is 1. The summed E-state index contributed by atoms with van der Waals surface area (Å²) in [7, 11) is 3.48. The molecule has 1 N–H and O–H groups in total. The van der Waals surface area contributed by atoms with E-state index >= 15 is 0 Å². The van der Waals surface area contributed by atoms with Gasteiger partial charge in [0.2, 0.25) is 0 Å². The lowest BCUT2D eigenvalue weighted by atomic mass is 10.2. The molecule has 1 aromatic rings. The third-order valence-corrected chi connectivity index (χ3v) is 3.80. The Morgan fingerprint density at radius 2 is 1.95 bits per heavy atom. The zero-order valence-electron chi connectivity index (χ0n) is 12.0. The molecule has 0 radical (unpaired) electrons. The van der Waals surface area contributed by atoms with Gasteiger partial charge in [0.1, 0.15) is 0 Å². The first-order valence-corrected chi connectivity index (χ1v) is 7.75. The highest BCUT2D eigenvalue weighted by Crippen LogP contribution is 2.20. The van der Waals surface area contributed by atoms with Gasteiger partial charge in [0.25, 0.3) is 0 Å². The molecule has 0 atom stereocenters. The number of methoxy groups -OCH3 is 2. The highest BCUT2D eigenvalue weighted by Gasteiger charge is 1.97. The van der Waals surface area contributed by atoms with Gasteiger partial charge < -0.3 is 14.8 Å². The third-order valence-electron chi connectivity index (χ3n) is 2.72. The Kier molecular flexibility index (Phi) is 9.81. The minimum Gasteiger partial charge on any atom is -0.385 e. The van der Waals surface area contributed by atoms with Crippen LogP contribution in [0.1, 0.15) is 18.4 Å². The Morgan fingerprint density at radius 1 is 1.11 bits per heavy atom. The molecule has 0 unspecified atom stereocenters. The molecule has 19 heavy (non-hydrogen) atoms. The largest absolute Gasteiger partial charge is 0.385 e. The van der Waals surface area contributed by atoms with Gasteiger partial charge in [-0.3, -0.25) is 0 Å². The number of benzene rings is 1. The van der Waals surface area contributed by atoms with Gasteiger partial charge in [-0.1, -0.05) is 12.1 Å². The maximum atomic E-state index is 5.05. The van der Waals surface area contributed by atoms with Crippen molar-refractivity contribution in [1.29, 1.82) is 0 Å². The average molecular weight is 283 g/mol. The van der Waals surface area contributed by atoms with Gasteiger partial charge in [0, 0.05) is 38.8 Å². The number of rotatable bonds is 11. The quantitative estimate of drug-likeness (QED) is 0.500. The number of thioether (sulfide) groups is 1. The highest BCUT2D eigenvalue weighted by molar-refractivity contribution is 7.99. The van der Waals surface area contributed by atoms with Crippen molar-refractivity contribution in [3.05, 3.63) is 29.8 Å². The van der Waals surface area contributed by atoms with Crippen LogP contribution in [-0.2, 0) is 16.0 Å². The normalized spacial score (nSPS) is 10.8. The zero-order chi connectivity index (χ0) is 13.8. The summed E-state index contributed by atoms with van der Waals surface area (Å²) in [4.78, 5) is 1.35.